The first-order chi connectivity index (χ1) is 5.30. The predicted octanol–water partition coefficient (Wildman–Crippen LogP) is 2.50. The van der Waals surface area contributed by atoms with E-state index < -0.39 is 0 Å². The highest BCUT2D eigenvalue weighted by Gasteiger charge is 2.10. The summed E-state index contributed by atoms with van der Waals surface area (Å²) in [7, 11) is 0. The van der Waals surface area contributed by atoms with E-state index in [1.807, 2.05) is 0 Å². The molecule has 62 valence electrons. The van der Waals surface area contributed by atoms with Gasteiger partial charge in [-0.2, -0.15) is 0 Å². The summed E-state index contributed by atoms with van der Waals surface area (Å²) in [6, 6.07) is 0. The van der Waals surface area contributed by atoms with Gasteiger partial charge < -0.3 is 0 Å². The lowest BCUT2D eigenvalue weighted by Crippen LogP contribution is -2.00. The molecule has 0 unspecified atom stereocenters. The van der Waals surface area contributed by atoms with Crippen LogP contribution in [0.5, 0.6) is 0 Å². The van der Waals surface area contributed by atoms with Crippen molar-refractivity contribution in [2.45, 2.75) is 38.5 Å². The maximum absolute atomic E-state index is 10.4. The molecule has 0 aromatic heterocycles. The van der Waals surface area contributed by atoms with Crippen LogP contribution < -0.4 is 0 Å². The molecule has 1 rings (SSSR count). The molecule has 11 heavy (non-hydrogen) atoms. The lowest BCUT2D eigenvalue weighted by Gasteiger charge is -2.03. The molecule has 3 heteroatoms. The van der Waals surface area contributed by atoms with Crippen molar-refractivity contribution in [2.24, 2.45) is 0 Å². The second-order valence-electron chi connectivity index (χ2n) is 2.91. The van der Waals surface area contributed by atoms with Gasteiger partial charge in [-0.3, -0.25) is 10.1 Å². The van der Waals surface area contributed by atoms with Crippen molar-refractivity contribution in [3.8, 4) is 0 Å². The summed E-state index contributed by atoms with van der Waals surface area (Å²) in [6.45, 7) is 0. The average Bonchev–Trinajstić information content (AvgIpc) is 1.84. The molecule has 0 N–H and O–H groups in total. The minimum atomic E-state index is -0.245. The van der Waals surface area contributed by atoms with E-state index in [4.69, 9.17) is 0 Å². The zero-order chi connectivity index (χ0) is 8.10. The summed E-state index contributed by atoms with van der Waals surface area (Å²) in [4.78, 5) is 10.1. The molecule has 0 bridgehead atoms. The van der Waals surface area contributed by atoms with Crippen molar-refractivity contribution in [3.63, 3.8) is 0 Å². The van der Waals surface area contributed by atoms with Crippen molar-refractivity contribution in [1.29, 1.82) is 0 Å². The fourth-order valence-corrected chi connectivity index (χ4v) is 1.34. The van der Waals surface area contributed by atoms with E-state index in [1.54, 1.807) is 6.08 Å². The Balaban J connectivity index is 2.52. The third-order valence-corrected chi connectivity index (χ3v) is 2.00. The highest BCUT2D eigenvalue weighted by molar-refractivity contribution is 4.92. The molecule has 0 radical (unpaired) electrons. The third kappa shape index (κ3) is 2.70. The summed E-state index contributed by atoms with van der Waals surface area (Å²) in [5.74, 6) is 0. The van der Waals surface area contributed by atoms with Gasteiger partial charge in [0, 0.05) is 6.42 Å². The first kappa shape index (κ1) is 8.24. The molecule has 0 fully saturated rings. The van der Waals surface area contributed by atoms with Gasteiger partial charge in [-0.1, -0.05) is 12.8 Å². The van der Waals surface area contributed by atoms with Crippen LogP contribution in [-0.4, -0.2) is 4.92 Å². The monoisotopic (exact) mass is 155 g/mol. The van der Waals surface area contributed by atoms with Crippen molar-refractivity contribution < 1.29 is 4.92 Å². The highest BCUT2D eigenvalue weighted by Crippen LogP contribution is 2.16. The molecule has 0 saturated heterocycles. The second-order valence-corrected chi connectivity index (χ2v) is 2.91. The van der Waals surface area contributed by atoms with Crippen LogP contribution in [-0.2, 0) is 0 Å². The fraction of sp³-hybridized carbons (Fsp3) is 0.750. The summed E-state index contributed by atoms with van der Waals surface area (Å²) in [6.07, 6.45) is 7.78. The van der Waals surface area contributed by atoms with Gasteiger partial charge in [0.25, 0.3) is 0 Å². The summed E-state index contributed by atoms with van der Waals surface area (Å²) >= 11 is 0. The van der Waals surface area contributed by atoms with Gasteiger partial charge in [0.15, 0.2) is 0 Å². The molecule has 3 nitrogen and oxygen atoms in total. The molecule has 0 aromatic rings. The standard InChI is InChI=1S/C8H13NO2/c10-9(11)8-6-4-2-1-3-5-7-8/h6H,1-5,7H2/b8-6+. The van der Waals surface area contributed by atoms with Crippen molar-refractivity contribution in [1.82, 2.24) is 0 Å². The minimum Gasteiger partial charge on any atom is -0.259 e. The number of hydrogen-bond acceptors (Lipinski definition) is 2. The van der Waals surface area contributed by atoms with Gasteiger partial charge in [-0.25, -0.2) is 0 Å². The first-order valence-corrected chi connectivity index (χ1v) is 4.14. The molecule has 0 aliphatic heterocycles. The summed E-state index contributed by atoms with van der Waals surface area (Å²) < 4.78 is 0. The van der Waals surface area contributed by atoms with Gasteiger partial charge in [0.1, 0.15) is 0 Å². The average molecular weight is 155 g/mol. The van der Waals surface area contributed by atoms with Crippen LogP contribution in [0.25, 0.3) is 0 Å². The molecular weight excluding hydrogens is 142 g/mol. The molecule has 1 aliphatic rings. The van der Waals surface area contributed by atoms with Crippen LogP contribution >= 0.6 is 0 Å². The molecule has 0 heterocycles. The van der Waals surface area contributed by atoms with Gasteiger partial charge in [-0.15, -0.1) is 0 Å². The predicted molar refractivity (Wildman–Crippen MR) is 42.8 cm³/mol. The summed E-state index contributed by atoms with van der Waals surface area (Å²) in [5.41, 5.74) is 0.421. The van der Waals surface area contributed by atoms with Crippen LogP contribution in [0.15, 0.2) is 11.8 Å². The van der Waals surface area contributed by atoms with Crippen LogP contribution in [0, 0.1) is 10.1 Å². The fourth-order valence-electron chi connectivity index (χ4n) is 1.34. The smallest absolute Gasteiger partial charge is 0.242 e. The largest absolute Gasteiger partial charge is 0.259 e. The Hall–Kier alpha value is -0.860. The van der Waals surface area contributed by atoms with Crippen LogP contribution in [0.2, 0.25) is 0 Å². The number of nitro groups is 1. The van der Waals surface area contributed by atoms with Gasteiger partial charge >= 0.3 is 0 Å². The Labute approximate surface area is 66.3 Å². The summed E-state index contributed by atoms with van der Waals surface area (Å²) in [5, 5.41) is 10.4. The zero-order valence-corrected chi connectivity index (χ0v) is 6.58. The highest BCUT2D eigenvalue weighted by atomic mass is 16.6. The van der Waals surface area contributed by atoms with Gasteiger partial charge in [0.2, 0.25) is 5.70 Å². The molecule has 0 saturated carbocycles. The van der Waals surface area contributed by atoms with E-state index >= 15 is 0 Å². The maximum atomic E-state index is 10.4. The van der Waals surface area contributed by atoms with Crippen molar-refractivity contribution in [2.75, 3.05) is 0 Å². The first-order valence-electron chi connectivity index (χ1n) is 4.14. The Morgan fingerprint density at radius 3 is 2.73 bits per heavy atom. The molecule has 0 atom stereocenters. The number of nitrogens with zero attached hydrogens (tertiary/aromatic N) is 1. The number of allylic oxidation sites excluding steroid dienone is 2. The van der Waals surface area contributed by atoms with E-state index in [1.165, 1.54) is 6.42 Å². The maximum Gasteiger partial charge on any atom is 0.242 e. The molecule has 0 spiro atoms. The van der Waals surface area contributed by atoms with E-state index in [0.29, 0.717) is 12.1 Å². The number of rotatable bonds is 1. The lowest BCUT2D eigenvalue weighted by atomic mass is 10.0. The Kier molecular flexibility index (Phi) is 3.08. The molecular formula is C8H13NO2. The van der Waals surface area contributed by atoms with Gasteiger partial charge in [0.05, 0.1) is 4.92 Å². The van der Waals surface area contributed by atoms with E-state index in [0.717, 1.165) is 25.7 Å². The molecule has 0 aromatic carbocycles. The van der Waals surface area contributed by atoms with Gasteiger partial charge in [-0.05, 0) is 25.3 Å². The lowest BCUT2D eigenvalue weighted by molar-refractivity contribution is -0.428. The van der Waals surface area contributed by atoms with Crippen LogP contribution in [0.1, 0.15) is 38.5 Å². The number of hydrogen-bond donors (Lipinski definition) is 0. The minimum absolute atomic E-state index is 0.245. The van der Waals surface area contributed by atoms with E-state index in [9.17, 15) is 10.1 Å². The van der Waals surface area contributed by atoms with E-state index in [-0.39, 0.29) is 4.92 Å². The Bertz CT molecular complexity index is 175. The van der Waals surface area contributed by atoms with Crippen LogP contribution in [0.4, 0.5) is 0 Å². The SMILES string of the molecule is O=[N+]([O-])/C1=C/CCCCCC1. The van der Waals surface area contributed by atoms with Crippen molar-refractivity contribution >= 4 is 0 Å². The Morgan fingerprint density at radius 2 is 2.00 bits per heavy atom. The zero-order valence-electron chi connectivity index (χ0n) is 6.58. The van der Waals surface area contributed by atoms with Crippen LogP contribution in [0.3, 0.4) is 0 Å². The molecule has 0 amide bonds. The topological polar surface area (TPSA) is 43.1 Å². The van der Waals surface area contributed by atoms with Crippen molar-refractivity contribution in [3.05, 3.63) is 21.9 Å². The second kappa shape index (κ2) is 4.11. The Morgan fingerprint density at radius 1 is 1.27 bits per heavy atom. The molecule has 1 aliphatic carbocycles. The third-order valence-electron chi connectivity index (χ3n) is 2.00. The van der Waals surface area contributed by atoms with E-state index in [2.05, 4.69) is 0 Å². The quantitative estimate of drug-likeness (QED) is 0.431. The normalized spacial score (nSPS) is 24.5.